The molecule has 0 spiro atoms. The molecule has 0 unspecified atom stereocenters. The topological polar surface area (TPSA) is 0 Å². The van der Waals surface area contributed by atoms with Crippen LogP contribution >= 0.6 is 22.7 Å². The van der Waals surface area contributed by atoms with E-state index in [0.717, 1.165) is 46.6 Å². The number of hydrogen-bond acceptors (Lipinski definition) is 2. The highest BCUT2D eigenvalue weighted by molar-refractivity contribution is 7.11. The summed E-state index contributed by atoms with van der Waals surface area (Å²) in [6.07, 6.45) is 17.3. The molecule has 0 bridgehead atoms. The largest absolute Gasteiger partial charge is 0.134 e. The maximum absolute atomic E-state index is 5.42. The molecular weight excluding hydrogens is 328 g/mol. The third kappa shape index (κ3) is 5.69. The van der Waals surface area contributed by atoms with Gasteiger partial charge in [0, 0.05) is 12.8 Å². The lowest BCUT2D eigenvalue weighted by Crippen LogP contribution is -1.78. The van der Waals surface area contributed by atoms with Crippen LogP contribution in [0.15, 0.2) is 22.9 Å². The van der Waals surface area contributed by atoms with Crippen molar-refractivity contribution in [3.63, 3.8) is 0 Å². The van der Waals surface area contributed by atoms with Crippen LogP contribution in [0.4, 0.5) is 0 Å². The second-order valence-electron chi connectivity index (χ2n) is 5.13. The Morgan fingerprint density at radius 2 is 1.17 bits per heavy atom. The van der Waals surface area contributed by atoms with Crippen molar-refractivity contribution in [1.82, 2.24) is 0 Å². The maximum atomic E-state index is 5.42. The molecule has 0 aliphatic heterocycles. The zero-order valence-electron chi connectivity index (χ0n) is 13.5. The number of hydrogen-bond donors (Lipinski definition) is 0. The predicted molar refractivity (Wildman–Crippen MR) is 106 cm³/mol. The number of unbranched alkanes of at least 4 members (excludes halogenated alkanes) is 5. The van der Waals surface area contributed by atoms with Crippen molar-refractivity contribution < 1.29 is 0 Å². The summed E-state index contributed by atoms with van der Waals surface area (Å²) in [5.74, 6) is 18.1. The molecule has 2 aromatic heterocycles. The van der Waals surface area contributed by atoms with Crippen LogP contribution in [-0.2, 0) is 0 Å². The molecule has 0 N–H and O–H groups in total. The maximum Gasteiger partial charge on any atom is 0.0924 e. The van der Waals surface area contributed by atoms with Gasteiger partial charge in [-0.2, -0.15) is 0 Å². The molecule has 0 aliphatic carbocycles. The molecule has 0 saturated carbocycles. The van der Waals surface area contributed by atoms with Crippen molar-refractivity contribution in [2.45, 2.75) is 38.5 Å². The van der Waals surface area contributed by atoms with Gasteiger partial charge in [-0.15, -0.1) is 35.5 Å². The first-order valence-electron chi connectivity index (χ1n) is 7.91. The Morgan fingerprint density at radius 1 is 0.708 bits per heavy atom. The van der Waals surface area contributed by atoms with Crippen molar-refractivity contribution in [3.05, 3.63) is 43.8 Å². The van der Waals surface area contributed by atoms with Gasteiger partial charge in [0.15, 0.2) is 0 Å². The van der Waals surface area contributed by atoms with Crippen LogP contribution in [0.3, 0.4) is 0 Å². The molecule has 0 aromatic carbocycles. The molecule has 2 heteroatoms. The van der Waals surface area contributed by atoms with Gasteiger partial charge in [-0.25, -0.2) is 0 Å². The first-order valence-corrected chi connectivity index (χ1v) is 9.67. The van der Waals surface area contributed by atoms with E-state index in [2.05, 4.69) is 35.5 Å². The Bertz CT molecular complexity index is 783. The van der Waals surface area contributed by atoms with Crippen molar-refractivity contribution in [3.8, 4) is 48.4 Å². The molecule has 2 aromatic rings. The number of terminal acetylenes is 2. The molecule has 0 radical (unpaired) electrons. The minimum Gasteiger partial charge on any atom is -0.134 e. The summed E-state index contributed by atoms with van der Waals surface area (Å²) in [6, 6.07) is 3.89. The Balaban J connectivity index is 1.59. The summed E-state index contributed by atoms with van der Waals surface area (Å²) < 4.78 is 0. The van der Waals surface area contributed by atoms with Gasteiger partial charge in [0.05, 0.1) is 20.9 Å². The number of thiophene rings is 2. The number of rotatable bonds is 5. The molecule has 2 heterocycles. The van der Waals surface area contributed by atoms with Gasteiger partial charge in [0.1, 0.15) is 0 Å². The molecule has 118 valence electrons. The Morgan fingerprint density at radius 3 is 1.58 bits per heavy atom. The Hall–Kier alpha value is -2.36. The highest BCUT2D eigenvalue weighted by Gasteiger charge is 1.97. The monoisotopic (exact) mass is 346 g/mol. The van der Waals surface area contributed by atoms with Gasteiger partial charge < -0.3 is 0 Å². The smallest absolute Gasteiger partial charge is 0.0924 e. The standard InChI is InChI=1S/C22H18S2/c1-3-19-15-17-23-21(19)13-11-9-7-5-6-8-10-12-14-22-20(4-2)16-18-24-22/h1-2,15-18H,5-10H2. The van der Waals surface area contributed by atoms with Gasteiger partial charge in [-0.05, 0) is 35.7 Å². The second-order valence-corrected chi connectivity index (χ2v) is 6.97. The fourth-order valence-electron chi connectivity index (χ4n) is 2.11. The highest BCUT2D eigenvalue weighted by atomic mass is 32.1. The van der Waals surface area contributed by atoms with Crippen molar-refractivity contribution in [2.75, 3.05) is 0 Å². The van der Waals surface area contributed by atoms with E-state index in [0.29, 0.717) is 0 Å². The second kappa shape index (κ2) is 10.4. The highest BCUT2D eigenvalue weighted by Crippen LogP contribution is 2.15. The van der Waals surface area contributed by atoms with Gasteiger partial charge in [-0.1, -0.05) is 48.4 Å². The van der Waals surface area contributed by atoms with Crippen LogP contribution in [0, 0.1) is 48.4 Å². The van der Waals surface area contributed by atoms with Crippen molar-refractivity contribution in [1.29, 1.82) is 0 Å². The van der Waals surface area contributed by atoms with Crippen LogP contribution in [0.2, 0.25) is 0 Å². The lowest BCUT2D eigenvalue weighted by molar-refractivity contribution is 0.661. The fraction of sp³-hybridized carbons (Fsp3) is 0.273. The minimum atomic E-state index is 0.907. The lowest BCUT2D eigenvalue weighted by atomic mass is 10.1. The zero-order chi connectivity index (χ0) is 17.0. The van der Waals surface area contributed by atoms with Crippen molar-refractivity contribution in [2.24, 2.45) is 0 Å². The summed E-state index contributed by atoms with van der Waals surface area (Å²) >= 11 is 3.22. The SMILES string of the molecule is C#Cc1ccsc1C#CCCCCCCC#Cc1sccc1C#C. The Kier molecular flexibility index (Phi) is 7.81. The van der Waals surface area contributed by atoms with E-state index in [4.69, 9.17) is 12.8 Å². The van der Waals surface area contributed by atoms with Gasteiger partial charge >= 0.3 is 0 Å². The third-order valence-electron chi connectivity index (χ3n) is 3.40. The summed E-state index contributed by atoms with van der Waals surface area (Å²) in [6.45, 7) is 0. The average Bonchev–Trinajstić information content (AvgIpc) is 3.24. The summed E-state index contributed by atoms with van der Waals surface area (Å²) in [5.41, 5.74) is 1.81. The molecule has 0 nitrogen and oxygen atoms in total. The molecule has 0 amide bonds. The first-order chi connectivity index (χ1) is 11.8. The zero-order valence-corrected chi connectivity index (χ0v) is 15.2. The van der Waals surface area contributed by atoms with Crippen LogP contribution < -0.4 is 0 Å². The lowest BCUT2D eigenvalue weighted by Gasteiger charge is -1.94. The quantitative estimate of drug-likeness (QED) is 0.494. The van der Waals surface area contributed by atoms with E-state index >= 15 is 0 Å². The van der Waals surface area contributed by atoms with Crippen LogP contribution in [0.5, 0.6) is 0 Å². The fourth-order valence-corrected chi connectivity index (χ4v) is 3.56. The van der Waals surface area contributed by atoms with E-state index in [9.17, 15) is 0 Å². The Labute approximate surface area is 153 Å². The predicted octanol–water partition coefficient (Wildman–Crippen LogP) is 5.52. The van der Waals surface area contributed by atoms with Crippen molar-refractivity contribution >= 4 is 22.7 Å². The normalized spacial score (nSPS) is 9.08. The van der Waals surface area contributed by atoms with E-state index in [1.165, 1.54) is 12.8 Å². The van der Waals surface area contributed by atoms with E-state index < -0.39 is 0 Å². The van der Waals surface area contributed by atoms with Gasteiger partial charge in [0.25, 0.3) is 0 Å². The first kappa shape index (κ1) is 18.0. The van der Waals surface area contributed by atoms with Gasteiger partial charge in [0.2, 0.25) is 0 Å². The molecule has 0 aliphatic rings. The third-order valence-corrected chi connectivity index (χ3v) is 5.06. The molecular formula is C22H18S2. The van der Waals surface area contributed by atoms with Gasteiger partial charge in [-0.3, -0.25) is 0 Å². The molecule has 0 atom stereocenters. The summed E-state index contributed by atoms with van der Waals surface area (Å²) in [4.78, 5) is 2.01. The van der Waals surface area contributed by atoms with Crippen LogP contribution in [0.25, 0.3) is 0 Å². The van der Waals surface area contributed by atoms with Crippen LogP contribution in [0.1, 0.15) is 59.4 Å². The van der Waals surface area contributed by atoms with E-state index in [1.54, 1.807) is 22.7 Å². The average molecular weight is 347 g/mol. The molecule has 0 fully saturated rings. The van der Waals surface area contributed by atoms with E-state index in [-0.39, 0.29) is 0 Å². The molecule has 2 rings (SSSR count). The summed E-state index contributed by atoms with van der Waals surface area (Å²) in [5, 5.41) is 3.98. The molecule has 24 heavy (non-hydrogen) atoms. The minimum absolute atomic E-state index is 0.907. The molecule has 0 saturated heterocycles. The van der Waals surface area contributed by atoms with E-state index in [1.807, 2.05) is 22.9 Å². The summed E-state index contributed by atoms with van der Waals surface area (Å²) in [7, 11) is 0. The van der Waals surface area contributed by atoms with Crippen LogP contribution in [-0.4, -0.2) is 0 Å².